The minimum Gasteiger partial charge on any atom is -0.488 e. The number of carbonyl (C=O) groups is 4. The van der Waals surface area contributed by atoms with E-state index in [0.29, 0.717) is 11.3 Å². The molecule has 1 atom stereocenters. The molecule has 160 valence electrons. The van der Waals surface area contributed by atoms with Crippen molar-refractivity contribution in [3.63, 3.8) is 0 Å². The van der Waals surface area contributed by atoms with Gasteiger partial charge < -0.3 is 14.6 Å². The van der Waals surface area contributed by atoms with Crippen LogP contribution in [0.2, 0.25) is 0 Å². The number of amides is 2. The Balaban J connectivity index is 1.78. The highest BCUT2D eigenvalue weighted by atomic mass is 32.2. The summed E-state index contributed by atoms with van der Waals surface area (Å²) < 4.78 is 10.5. The van der Waals surface area contributed by atoms with Gasteiger partial charge in [0.25, 0.3) is 11.1 Å². The maximum absolute atomic E-state index is 12.7. The Morgan fingerprint density at radius 3 is 2.45 bits per heavy atom. The molecule has 0 aromatic heterocycles. The molecule has 1 fully saturated rings. The first-order chi connectivity index (χ1) is 14.8. The molecule has 0 saturated carbocycles. The summed E-state index contributed by atoms with van der Waals surface area (Å²) in [5.74, 6) is -1.78. The number of imide groups is 1. The number of carboxylic acid groups (broad SMARTS) is 1. The summed E-state index contributed by atoms with van der Waals surface area (Å²) >= 11 is 0.740. The van der Waals surface area contributed by atoms with Crippen molar-refractivity contribution in [3.05, 3.63) is 70.1 Å². The Morgan fingerprint density at radius 2 is 1.81 bits per heavy atom. The summed E-state index contributed by atoms with van der Waals surface area (Å²) in [6.07, 6.45) is 1.54. The molecule has 0 bridgehead atoms. The Bertz CT molecular complexity index is 1060. The van der Waals surface area contributed by atoms with Gasteiger partial charge in [-0.25, -0.2) is 9.59 Å². The predicted molar refractivity (Wildman–Crippen MR) is 113 cm³/mol. The van der Waals surface area contributed by atoms with E-state index in [-0.39, 0.29) is 17.1 Å². The second-order valence-electron chi connectivity index (χ2n) is 6.58. The Labute approximate surface area is 182 Å². The average molecular weight is 441 g/mol. The van der Waals surface area contributed by atoms with Crippen molar-refractivity contribution in [2.24, 2.45) is 0 Å². The molecule has 1 aliphatic rings. The van der Waals surface area contributed by atoms with E-state index in [4.69, 9.17) is 9.84 Å². The van der Waals surface area contributed by atoms with Crippen molar-refractivity contribution >= 4 is 40.9 Å². The van der Waals surface area contributed by atoms with E-state index < -0.39 is 29.1 Å². The van der Waals surface area contributed by atoms with Crippen molar-refractivity contribution in [2.45, 2.75) is 19.6 Å². The standard InChI is InChI=1S/C22H19NO7S/c1-13(21(27)29-2)23-19(24)18(31-22(23)28)11-16-5-3-4-6-17(16)30-12-14-7-9-15(10-8-14)20(25)26/h3-11,13H,12H2,1-2H3,(H,25,26)/b18-11-/t13-/m0/s1. The van der Waals surface area contributed by atoms with Gasteiger partial charge in [0.15, 0.2) is 0 Å². The van der Waals surface area contributed by atoms with Crippen molar-refractivity contribution in [2.75, 3.05) is 7.11 Å². The van der Waals surface area contributed by atoms with Crippen molar-refractivity contribution < 1.29 is 33.8 Å². The van der Waals surface area contributed by atoms with E-state index in [0.717, 1.165) is 22.2 Å². The first-order valence-electron chi connectivity index (χ1n) is 9.20. The zero-order valence-electron chi connectivity index (χ0n) is 16.7. The number of para-hydroxylation sites is 1. The third kappa shape index (κ3) is 4.95. The predicted octanol–water partition coefficient (Wildman–Crippen LogP) is 3.56. The highest BCUT2D eigenvalue weighted by molar-refractivity contribution is 8.18. The molecule has 1 saturated heterocycles. The monoisotopic (exact) mass is 441 g/mol. The molecule has 3 rings (SSSR count). The van der Waals surface area contributed by atoms with Crippen LogP contribution in [-0.4, -0.2) is 46.2 Å². The second-order valence-corrected chi connectivity index (χ2v) is 7.57. The van der Waals surface area contributed by atoms with Crippen LogP contribution in [0, 0.1) is 0 Å². The molecule has 9 heteroatoms. The molecule has 0 aliphatic carbocycles. The zero-order chi connectivity index (χ0) is 22.5. The largest absolute Gasteiger partial charge is 0.488 e. The van der Waals surface area contributed by atoms with Crippen LogP contribution in [0.1, 0.15) is 28.4 Å². The van der Waals surface area contributed by atoms with Gasteiger partial charge in [-0.2, -0.15) is 0 Å². The summed E-state index contributed by atoms with van der Waals surface area (Å²) in [5.41, 5.74) is 1.54. The lowest BCUT2D eigenvalue weighted by Crippen LogP contribution is -2.42. The van der Waals surface area contributed by atoms with Gasteiger partial charge in [0.2, 0.25) is 0 Å². The van der Waals surface area contributed by atoms with Gasteiger partial charge >= 0.3 is 11.9 Å². The molecule has 2 aromatic carbocycles. The molecule has 0 radical (unpaired) electrons. The lowest BCUT2D eigenvalue weighted by Gasteiger charge is -2.18. The Hall–Kier alpha value is -3.59. The highest BCUT2D eigenvalue weighted by Crippen LogP contribution is 2.35. The van der Waals surface area contributed by atoms with Crippen LogP contribution in [0.15, 0.2) is 53.4 Å². The first kappa shape index (κ1) is 22.1. The molecule has 2 amide bonds. The second kappa shape index (κ2) is 9.48. The molecule has 2 aromatic rings. The van der Waals surface area contributed by atoms with Crippen LogP contribution in [0.3, 0.4) is 0 Å². The number of aromatic carboxylic acids is 1. The SMILES string of the molecule is COC(=O)[C@H](C)N1C(=O)S/C(=C\c2ccccc2OCc2ccc(C(=O)O)cc2)C1=O. The number of nitrogens with zero attached hydrogens (tertiary/aromatic N) is 1. The summed E-state index contributed by atoms with van der Waals surface area (Å²) in [6, 6.07) is 12.3. The number of thioether (sulfide) groups is 1. The van der Waals surface area contributed by atoms with Gasteiger partial charge in [0.05, 0.1) is 17.6 Å². The Kier molecular flexibility index (Phi) is 6.76. The number of hydrogen-bond donors (Lipinski definition) is 1. The van der Waals surface area contributed by atoms with Crippen LogP contribution >= 0.6 is 11.8 Å². The van der Waals surface area contributed by atoms with Crippen molar-refractivity contribution in [1.29, 1.82) is 0 Å². The van der Waals surface area contributed by atoms with Gasteiger partial charge in [-0.05, 0) is 48.5 Å². The fraction of sp³-hybridized carbons (Fsp3) is 0.182. The van der Waals surface area contributed by atoms with Crippen LogP contribution in [0.4, 0.5) is 4.79 Å². The van der Waals surface area contributed by atoms with E-state index >= 15 is 0 Å². The zero-order valence-corrected chi connectivity index (χ0v) is 17.5. The third-order valence-corrected chi connectivity index (χ3v) is 5.44. The molecular formula is C22H19NO7S. The maximum atomic E-state index is 12.7. The Morgan fingerprint density at radius 1 is 1.13 bits per heavy atom. The molecular weight excluding hydrogens is 422 g/mol. The number of carbonyl (C=O) groups excluding carboxylic acids is 3. The van der Waals surface area contributed by atoms with Crippen molar-refractivity contribution in [1.82, 2.24) is 4.90 Å². The minimum atomic E-state index is -1.02. The number of methoxy groups -OCH3 is 1. The molecule has 1 N–H and O–H groups in total. The van der Waals surface area contributed by atoms with Gasteiger partial charge in [0, 0.05) is 5.56 Å². The number of rotatable bonds is 7. The van der Waals surface area contributed by atoms with E-state index in [2.05, 4.69) is 4.74 Å². The van der Waals surface area contributed by atoms with E-state index in [1.54, 1.807) is 36.4 Å². The van der Waals surface area contributed by atoms with Gasteiger partial charge in [-0.3, -0.25) is 14.5 Å². The summed E-state index contributed by atoms with van der Waals surface area (Å²) in [7, 11) is 1.19. The number of benzene rings is 2. The summed E-state index contributed by atoms with van der Waals surface area (Å²) in [4.78, 5) is 48.7. The highest BCUT2D eigenvalue weighted by Gasteiger charge is 2.41. The quantitative estimate of drug-likeness (QED) is 0.513. The lowest BCUT2D eigenvalue weighted by molar-refractivity contribution is -0.148. The molecule has 1 heterocycles. The van der Waals surface area contributed by atoms with E-state index in [1.807, 2.05) is 0 Å². The van der Waals surface area contributed by atoms with Gasteiger partial charge in [0.1, 0.15) is 18.4 Å². The normalized spacial score (nSPS) is 15.8. The molecule has 1 aliphatic heterocycles. The maximum Gasteiger partial charge on any atom is 0.335 e. The van der Waals surface area contributed by atoms with Gasteiger partial charge in [-0.1, -0.05) is 30.3 Å². The van der Waals surface area contributed by atoms with E-state index in [9.17, 15) is 19.2 Å². The molecule has 0 unspecified atom stereocenters. The van der Waals surface area contributed by atoms with E-state index in [1.165, 1.54) is 32.2 Å². The van der Waals surface area contributed by atoms with Crippen molar-refractivity contribution in [3.8, 4) is 5.75 Å². The lowest BCUT2D eigenvalue weighted by atomic mass is 10.1. The number of carboxylic acids is 1. The average Bonchev–Trinajstić information content (AvgIpc) is 3.05. The fourth-order valence-electron chi connectivity index (χ4n) is 2.87. The van der Waals surface area contributed by atoms with Gasteiger partial charge in [-0.15, -0.1) is 0 Å². The summed E-state index contributed by atoms with van der Waals surface area (Å²) in [6.45, 7) is 1.61. The van der Waals surface area contributed by atoms with Crippen LogP contribution < -0.4 is 4.74 Å². The molecule has 0 spiro atoms. The molecule has 8 nitrogen and oxygen atoms in total. The third-order valence-electron chi connectivity index (χ3n) is 4.55. The number of ether oxygens (including phenoxy) is 2. The first-order valence-corrected chi connectivity index (χ1v) is 10.0. The van der Waals surface area contributed by atoms with Crippen LogP contribution in [0.5, 0.6) is 5.75 Å². The minimum absolute atomic E-state index is 0.169. The topological polar surface area (TPSA) is 110 Å². The smallest absolute Gasteiger partial charge is 0.335 e. The number of esters is 1. The summed E-state index contributed by atoms with van der Waals surface area (Å²) in [5, 5.41) is 8.42. The molecule has 31 heavy (non-hydrogen) atoms. The number of hydrogen-bond acceptors (Lipinski definition) is 7. The van der Waals surface area contributed by atoms with Crippen LogP contribution in [-0.2, 0) is 20.9 Å². The fourth-order valence-corrected chi connectivity index (χ4v) is 3.77. The van der Waals surface area contributed by atoms with Crippen LogP contribution in [0.25, 0.3) is 6.08 Å².